The Hall–Kier alpha value is -0.610. The van der Waals surface area contributed by atoms with Crippen molar-refractivity contribution >= 4 is 5.97 Å². The summed E-state index contributed by atoms with van der Waals surface area (Å²) in [6.07, 6.45) is 0. The molecule has 0 radical (unpaired) electrons. The summed E-state index contributed by atoms with van der Waals surface area (Å²) in [6, 6.07) is -0.198. The summed E-state index contributed by atoms with van der Waals surface area (Å²) in [5, 5.41) is 8.63. The predicted octanol–water partition coefficient (Wildman–Crippen LogP) is -0.774. The molecule has 1 atom stereocenters. The number of hydrogen-bond acceptors (Lipinski definition) is 4. The van der Waals surface area contributed by atoms with Gasteiger partial charge in [0.15, 0.2) is 0 Å². The second kappa shape index (κ2) is 3.69. The quantitative estimate of drug-likeness (QED) is 0.537. The standard InChI is InChI=1S/C7H13NO3/c1-6-7(10)11-5-3-8(6)2-4-9/h6,9H,2-5H2,1H3. The van der Waals surface area contributed by atoms with Crippen LogP contribution in [0.4, 0.5) is 0 Å². The van der Waals surface area contributed by atoms with Crippen LogP contribution in [0, 0.1) is 0 Å². The van der Waals surface area contributed by atoms with E-state index in [2.05, 4.69) is 0 Å². The van der Waals surface area contributed by atoms with Crippen LogP contribution in [-0.4, -0.2) is 48.3 Å². The number of cyclic esters (lactones) is 1. The highest BCUT2D eigenvalue weighted by atomic mass is 16.5. The van der Waals surface area contributed by atoms with Gasteiger partial charge < -0.3 is 9.84 Å². The minimum atomic E-state index is -0.198. The minimum absolute atomic E-state index is 0.0949. The van der Waals surface area contributed by atoms with Crippen LogP contribution in [0.3, 0.4) is 0 Å². The fourth-order valence-corrected chi connectivity index (χ4v) is 1.16. The average Bonchev–Trinajstić information content (AvgIpc) is 1.99. The average molecular weight is 159 g/mol. The Kier molecular flexibility index (Phi) is 2.84. The first-order chi connectivity index (χ1) is 5.25. The first-order valence-electron chi connectivity index (χ1n) is 3.77. The third kappa shape index (κ3) is 1.91. The van der Waals surface area contributed by atoms with E-state index in [0.717, 1.165) is 6.54 Å². The number of nitrogens with zero attached hydrogens (tertiary/aromatic N) is 1. The lowest BCUT2D eigenvalue weighted by atomic mass is 10.2. The molecular formula is C7H13NO3. The van der Waals surface area contributed by atoms with Crippen molar-refractivity contribution < 1.29 is 14.6 Å². The zero-order valence-corrected chi connectivity index (χ0v) is 6.62. The zero-order chi connectivity index (χ0) is 8.27. The molecule has 4 nitrogen and oxygen atoms in total. The van der Waals surface area contributed by atoms with Crippen molar-refractivity contribution in [2.45, 2.75) is 13.0 Å². The number of esters is 1. The van der Waals surface area contributed by atoms with E-state index in [-0.39, 0.29) is 18.6 Å². The number of aliphatic hydroxyl groups is 1. The highest BCUT2D eigenvalue weighted by Gasteiger charge is 2.26. The molecule has 1 saturated heterocycles. The molecule has 4 heteroatoms. The number of carbonyl (C=O) groups excluding carboxylic acids is 1. The maximum Gasteiger partial charge on any atom is 0.323 e. The summed E-state index contributed by atoms with van der Waals surface area (Å²) < 4.78 is 4.80. The maximum absolute atomic E-state index is 10.9. The van der Waals surface area contributed by atoms with Crippen LogP contribution in [0.25, 0.3) is 0 Å². The number of ether oxygens (including phenoxy) is 1. The Labute approximate surface area is 65.8 Å². The van der Waals surface area contributed by atoms with Crippen molar-refractivity contribution in [1.29, 1.82) is 0 Å². The highest BCUT2D eigenvalue weighted by molar-refractivity contribution is 5.75. The minimum Gasteiger partial charge on any atom is -0.463 e. The summed E-state index contributed by atoms with van der Waals surface area (Å²) in [7, 11) is 0. The normalized spacial score (nSPS) is 26.7. The molecule has 0 spiro atoms. The highest BCUT2D eigenvalue weighted by Crippen LogP contribution is 2.06. The molecule has 1 aliphatic heterocycles. The van der Waals surface area contributed by atoms with E-state index < -0.39 is 0 Å². The summed E-state index contributed by atoms with van der Waals surface area (Å²) in [6.45, 7) is 3.61. The van der Waals surface area contributed by atoms with Gasteiger partial charge in [0.25, 0.3) is 0 Å². The summed E-state index contributed by atoms with van der Waals surface area (Å²) in [4.78, 5) is 12.8. The number of hydrogen-bond donors (Lipinski definition) is 1. The number of morpholine rings is 1. The fourth-order valence-electron chi connectivity index (χ4n) is 1.16. The largest absolute Gasteiger partial charge is 0.463 e. The van der Waals surface area contributed by atoms with Crippen LogP contribution in [-0.2, 0) is 9.53 Å². The van der Waals surface area contributed by atoms with Crippen molar-refractivity contribution in [3.05, 3.63) is 0 Å². The Morgan fingerprint density at radius 1 is 1.82 bits per heavy atom. The lowest BCUT2D eigenvalue weighted by Gasteiger charge is -2.30. The molecule has 1 rings (SSSR count). The fraction of sp³-hybridized carbons (Fsp3) is 0.857. The Bertz CT molecular complexity index is 147. The molecule has 0 aromatic rings. The van der Waals surface area contributed by atoms with Gasteiger partial charge in [-0.3, -0.25) is 9.69 Å². The number of rotatable bonds is 2. The van der Waals surface area contributed by atoms with Gasteiger partial charge in [-0.15, -0.1) is 0 Å². The van der Waals surface area contributed by atoms with Crippen LogP contribution in [0.2, 0.25) is 0 Å². The number of aliphatic hydroxyl groups excluding tert-OH is 1. The molecule has 11 heavy (non-hydrogen) atoms. The van der Waals surface area contributed by atoms with Crippen LogP contribution >= 0.6 is 0 Å². The molecule has 0 bridgehead atoms. The van der Waals surface area contributed by atoms with Gasteiger partial charge in [0.2, 0.25) is 0 Å². The number of β-amino-alcohol motifs (C(OH)–C–C–N with tert-alkyl or cyclic N) is 1. The molecule has 0 aromatic heterocycles. The van der Waals surface area contributed by atoms with E-state index in [4.69, 9.17) is 9.84 Å². The van der Waals surface area contributed by atoms with E-state index in [1.807, 2.05) is 4.90 Å². The summed E-state index contributed by atoms with van der Waals surface area (Å²) >= 11 is 0. The lowest BCUT2D eigenvalue weighted by Crippen LogP contribution is -2.48. The van der Waals surface area contributed by atoms with Crippen LogP contribution < -0.4 is 0 Å². The van der Waals surface area contributed by atoms with Gasteiger partial charge in [-0.1, -0.05) is 0 Å². The molecule has 0 aliphatic carbocycles. The second-order valence-corrected chi connectivity index (χ2v) is 2.60. The SMILES string of the molecule is CC1C(=O)OCCN1CCO. The van der Waals surface area contributed by atoms with Gasteiger partial charge >= 0.3 is 5.97 Å². The van der Waals surface area contributed by atoms with Crippen LogP contribution in [0.5, 0.6) is 0 Å². The maximum atomic E-state index is 10.9. The third-order valence-electron chi connectivity index (χ3n) is 1.90. The lowest BCUT2D eigenvalue weighted by molar-refractivity contribution is -0.156. The molecule has 1 aliphatic rings. The van der Waals surface area contributed by atoms with Crippen molar-refractivity contribution in [3.8, 4) is 0 Å². The van der Waals surface area contributed by atoms with Crippen molar-refractivity contribution in [2.24, 2.45) is 0 Å². The molecule has 64 valence electrons. The third-order valence-corrected chi connectivity index (χ3v) is 1.90. The van der Waals surface area contributed by atoms with E-state index >= 15 is 0 Å². The smallest absolute Gasteiger partial charge is 0.323 e. The molecule has 1 N–H and O–H groups in total. The van der Waals surface area contributed by atoms with E-state index in [1.54, 1.807) is 6.92 Å². The van der Waals surface area contributed by atoms with Gasteiger partial charge in [-0.2, -0.15) is 0 Å². The molecule has 1 fully saturated rings. The van der Waals surface area contributed by atoms with Gasteiger partial charge in [-0.25, -0.2) is 0 Å². The van der Waals surface area contributed by atoms with Gasteiger partial charge in [0.05, 0.1) is 6.61 Å². The number of carbonyl (C=O) groups is 1. The Balaban J connectivity index is 2.44. The monoisotopic (exact) mass is 159 g/mol. The van der Waals surface area contributed by atoms with Crippen LogP contribution in [0.1, 0.15) is 6.92 Å². The van der Waals surface area contributed by atoms with Gasteiger partial charge in [0, 0.05) is 13.1 Å². The molecule has 0 aromatic carbocycles. The van der Waals surface area contributed by atoms with Gasteiger partial charge in [0.1, 0.15) is 12.6 Å². The molecule has 1 unspecified atom stereocenters. The first-order valence-corrected chi connectivity index (χ1v) is 3.77. The van der Waals surface area contributed by atoms with E-state index in [1.165, 1.54) is 0 Å². The van der Waals surface area contributed by atoms with Gasteiger partial charge in [-0.05, 0) is 6.92 Å². The Morgan fingerprint density at radius 2 is 2.55 bits per heavy atom. The zero-order valence-electron chi connectivity index (χ0n) is 6.62. The summed E-state index contributed by atoms with van der Waals surface area (Å²) in [5.41, 5.74) is 0. The molecule has 0 amide bonds. The predicted molar refractivity (Wildman–Crippen MR) is 39.1 cm³/mol. The molecule has 1 heterocycles. The van der Waals surface area contributed by atoms with E-state index in [9.17, 15) is 4.79 Å². The van der Waals surface area contributed by atoms with Crippen LogP contribution in [0.15, 0.2) is 0 Å². The Morgan fingerprint density at radius 3 is 3.18 bits per heavy atom. The van der Waals surface area contributed by atoms with Crippen molar-refractivity contribution in [2.75, 3.05) is 26.3 Å². The molecular weight excluding hydrogens is 146 g/mol. The van der Waals surface area contributed by atoms with Crippen molar-refractivity contribution in [1.82, 2.24) is 4.90 Å². The second-order valence-electron chi connectivity index (χ2n) is 2.60. The summed E-state index contributed by atoms with van der Waals surface area (Å²) in [5.74, 6) is -0.190. The molecule has 0 saturated carbocycles. The first kappa shape index (κ1) is 8.49. The van der Waals surface area contributed by atoms with Crippen molar-refractivity contribution in [3.63, 3.8) is 0 Å². The van der Waals surface area contributed by atoms with E-state index in [0.29, 0.717) is 13.2 Å². The topological polar surface area (TPSA) is 49.8 Å².